The van der Waals surface area contributed by atoms with Crippen molar-refractivity contribution in [2.45, 2.75) is 0 Å². The number of carboxylic acid groups (broad SMARTS) is 1. The Labute approximate surface area is 45.3 Å². The number of carbonyl (C=O) groups is 1. The molecule has 0 saturated heterocycles. The second kappa shape index (κ2) is 2.73. The second-order valence-corrected chi connectivity index (χ2v) is 1.02. The third-order valence-electron chi connectivity index (χ3n) is 0.451. The molecule has 0 fully saturated rings. The van der Waals surface area contributed by atoms with Crippen molar-refractivity contribution < 1.29 is 9.90 Å². The van der Waals surface area contributed by atoms with Crippen LogP contribution in [0.3, 0.4) is 0 Å². The molecule has 0 spiro atoms. The maximum absolute atomic E-state index is 9.75. The molecule has 5 nitrogen and oxygen atoms in total. The number of aliphatic carboxylic acids is 1. The van der Waals surface area contributed by atoms with E-state index < -0.39 is 11.7 Å². The first-order valence-corrected chi connectivity index (χ1v) is 1.74. The van der Waals surface area contributed by atoms with Crippen LogP contribution in [-0.2, 0) is 4.79 Å². The molecule has 0 aliphatic heterocycles. The summed E-state index contributed by atoms with van der Waals surface area (Å²) in [7, 11) is 0. The van der Waals surface area contributed by atoms with Crippen molar-refractivity contribution in [2.75, 3.05) is 0 Å². The molecule has 8 heavy (non-hydrogen) atoms. The number of carboxylic acids is 1. The lowest BCUT2D eigenvalue weighted by Gasteiger charge is -1.84. The van der Waals surface area contributed by atoms with Crippen LogP contribution in [0.2, 0.25) is 0 Å². The Kier molecular flexibility index (Phi) is 2.25. The van der Waals surface area contributed by atoms with Crippen molar-refractivity contribution in [1.82, 2.24) is 0 Å². The first-order valence-electron chi connectivity index (χ1n) is 1.74. The molecule has 0 atom stereocenters. The number of nitrogens with zero attached hydrogens (tertiary/aromatic N) is 1. The van der Waals surface area contributed by atoms with Gasteiger partial charge in [0, 0.05) is 0 Å². The number of rotatable bonds is 2. The van der Waals surface area contributed by atoms with Crippen LogP contribution in [0, 0.1) is 5.53 Å². The summed E-state index contributed by atoms with van der Waals surface area (Å²) in [5.74, 6) is -1.26. The van der Waals surface area contributed by atoms with E-state index in [1.165, 1.54) is 0 Å². The van der Waals surface area contributed by atoms with Gasteiger partial charge < -0.3 is 10.8 Å². The summed E-state index contributed by atoms with van der Waals surface area (Å²) in [5.41, 5.74) is 10.5. The first kappa shape index (κ1) is 6.61. The van der Waals surface area contributed by atoms with E-state index in [0.717, 1.165) is 6.20 Å². The SMILES string of the molecule is N=N/C=C(\N)C(=O)O. The van der Waals surface area contributed by atoms with Crippen molar-refractivity contribution in [3.63, 3.8) is 0 Å². The molecule has 5 heteroatoms. The maximum atomic E-state index is 9.75. The van der Waals surface area contributed by atoms with E-state index in [4.69, 9.17) is 16.4 Å². The fourth-order valence-corrected chi connectivity index (χ4v) is 0.125. The predicted molar refractivity (Wildman–Crippen MR) is 25.1 cm³/mol. The van der Waals surface area contributed by atoms with Gasteiger partial charge in [0.25, 0.3) is 0 Å². The van der Waals surface area contributed by atoms with Crippen LogP contribution >= 0.6 is 0 Å². The molecular weight excluding hydrogens is 110 g/mol. The molecule has 0 saturated carbocycles. The third kappa shape index (κ3) is 1.91. The van der Waals surface area contributed by atoms with Gasteiger partial charge in [-0.05, 0) is 0 Å². The summed E-state index contributed by atoms with van der Waals surface area (Å²) >= 11 is 0. The predicted octanol–water partition coefficient (Wildman–Crippen LogP) is -0.0979. The van der Waals surface area contributed by atoms with Crippen molar-refractivity contribution in [3.05, 3.63) is 11.9 Å². The summed E-state index contributed by atoms with van der Waals surface area (Å²) in [6.45, 7) is 0. The highest BCUT2D eigenvalue weighted by Crippen LogP contribution is 1.81. The minimum absolute atomic E-state index is 0.431. The number of hydrogen-bond donors (Lipinski definition) is 3. The minimum Gasteiger partial charge on any atom is -0.477 e. The highest BCUT2D eigenvalue weighted by atomic mass is 16.4. The molecule has 0 bridgehead atoms. The maximum Gasteiger partial charge on any atom is 0.353 e. The Morgan fingerprint density at radius 1 is 1.88 bits per heavy atom. The molecule has 0 amide bonds. The highest BCUT2D eigenvalue weighted by Gasteiger charge is 1.96. The van der Waals surface area contributed by atoms with E-state index in [9.17, 15) is 4.79 Å². The zero-order chi connectivity index (χ0) is 6.57. The first-order chi connectivity index (χ1) is 3.68. The molecule has 0 aliphatic rings. The Bertz CT molecular complexity index is 139. The van der Waals surface area contributed by atoms with Gasteiger partial charge in [0.1, 0.15) is 5.70 Å². The standard InChI is InChI=1S/C3H5N3O2/c4-2(1-6-5)3(7)8/h1,5H,4H2,(H,7,8)/b2-1-,6-5?. The molecule has 0 unspecified atom stereocenters. The monoisotopic (exact) mass is 115 g/mol. The summed E-state index contributed by atoms with van der Waals surface area (Å²) < 4.78 is 0. The summed E-state index contributed by atoms with van der Waals surface area (Å²) in [4.78, 5) is 9.75. The van der Waals surface area contributed by atoms with E-state index in [2.05, 4.69) is 5.11 Å². The topological polar surface area (TPSA) is 99.5 Å². The Balaban J connectivity index is 3.99. The molecule has 0 radical (unpaired) electrons. The van der Waals surface area contributed by atoms with E-state index >= 15 is 0 Å². The smallest absolute Gasteiger partial charge is 0.353 e. The average molecular weight is 115 g/mol. The van der Waals surface area contributed by atoms with Crippen LogP contribution in [0.4, 0.5) is 0 Å². The van der Waals surface area contributed by atoms with E-state index in [1.807, 2.05) is 0 Å². The normalized spacial score (nSPS) is 10.8. The van der Waals surface area contributed by atoms with E-state index in [0.29, 0.717) is 0 Å². The van der Waals surface area contributed by atoms with Gasteiger partial charge in [0.05, 0.1) is 6.20 Å². The largest absolute Gasteiger partial charge is 0.477 e. The zero-order valence-electron chi connectivity index (χ0n) is 3.96. The fourth-order valence-electron chi connectivity index (χ4n) is 0.125. The third-order valence-corrected chi connectivity index (χ3v) is 0.451. The van der Waals surface area contributed by atoms with E-state index in [1.54, 1.807) is 0 Å². The Hall–Kier alpha value is -1.39. The van der Waals surface area contributed by atoms with Gasteiger partial charge in [-0.3, -0.25) is 0 Å². The second-order valence-electron chi connectivity index (χ2n) is 1.02. The molecule has 0 aromatic rings. The lowest BCUT2D eigenvalue weighted by molar-refractivity contribution is -0.132. The van der Waals surface area contributed by atoms with Crippen molar-refractivity contribution in [2.24, 2.45) is 10.8 Å². The van der Waals surface area contributed by atoms with Gasteiger partial charge in [0.2, 0.25) is 0 Å². The summed E-state index contributed by atoms with van der Waals surface area (Å²) in [6.07, 6.45) is 0.752. The van der Waals surface area contributed by atoms with Gasteiger partial charge in [-0.1, -0.05) is 0 Å². The van der Waals surface area contributed by atoms with Crippen LogP contribution in [0.25, 0.3) is 0 Å². The fraction of sp³-hybridized carbons (Fsp3) is 0. The number of nitrogens with one attached hydrogen (secondary N) is 1. The van der Waals surface area contributed by atoms with Crippen LogP contribution in [0.1, 0.15) is 0 Å². The minimum atomic E-state index is -1.26. The summed E-state index contributed by atoms with van der Waals surface area (Å²) in [5, 5.41) is 10.6. The van der Waals surface area contributed by atoms with Crippen LogP contribution in [0.5, 0.6) is 0 Å². The van der Waals surface area contributed by atoms with Gasteiger partial charge in [-0.2, -0.15) is 5.11 Å². The lowest BCUT2D eigenvalue weighted by Crippen LogP contribution is -2.08. The quantitative estimate of drug-likeness (QED) is 0.346. The van der Waals surface area contributed by atoms with Gasteiger partial charge >= 0.3 is 5.97 Å². The lowest BCUT2D eigenvalue weighted by atomic mass is 10.5. The average Bonchev–Trinajstić information content (AvgIpc) is 1.67. The van der Waals surface area contributed by atoms with Crippen molar-refractivity contribution >= 4 is 5.97 Å². The molecule has 0 heterocycles. The molecular formula is C3H5N3O2. The molecule has 4 N–H and O–H groups in total. The Morgan fingerprint density at radius 3 is 2.50 bits per heavy atom. The van der Waals surface area contributed by atoms with Gasteiger partial charge in [-0.15, -0.1) is 0 Å². The van der Waals surface area contributed by atoms with Crippen LogP contribution in [0.15, 0.2) is 17.0 Å². The van der Waals surface area contributed by atoms with Crippen LogP contribution in [-0.4, -0.2) is 11.1 Å². The molecule has 0 aromatic carbocycles. The highest BCUT2D eigenvalue weighted by molar-refractivity contribution is 5.85. The van der Waals surface area contributed by atoms with Gasteiger partial charge in [0.15, 0.2) is 0 Å². The van der Waals surface area contributed by atoms with Crippen molar-refractivity contribution in [1.29, 1.82) is 5.53 Å². The number of nitrogens with two attached hydrogens (primary N) is 1. The van der Waals surface area contributed by atoms with E-state index in [-0.39, 0.29) is 0 Å². The zero-order valence-corrected chi connectivity index (χ0v) is 3.96. The summed E-state index contributed by atoms with van der Waals surface area (Å²) in [6, 6.07) is 0. The molecule has 0 rings (SSSR count). The Morgan fingerprint density at radius 2 is 2.38 bits per heavy atom. The molecule has 0 aliphatic carbocycles. The molecule has 44 valence electrons. The molecule has 0 aromatic heterocycles. The van der Waals surface area contributed by atoms with Gasteiger partial charge in [-0.25, -0.2) is 10.3 Å². The number of hydrogen-bond acceptors (Lipinski definition) is 4. The van der Waals surface area contributed by atoms with Crippen molar-refractivity contribution in [3.8, 4) is 0 Å². The van der Waals surface area contributed by atoms with Crippen LogP contribution < -0.4 is 5.73 Å².